The van der Waals surface area contributed by atoms with E-state index >= 15 is 0 Å². The molecule has 1 amide bonds. The molecule has 2 atom stereocenters. The van der Waals surface area contributed by atoms with Crippen LogP contribution in [0.5, 0.6) is 0 Å². The maximum absolute atomic E-state index is 12.5. The minimum atomic E-state index is 0.386. The maximum atomic E-state index is 12.5. The molecule has 2 aliphatic heterocycles. The van der Waals surface area contributed by atoms with Gasteiger partial charge in [0.2, 0.25) is 5.91 Å². The number of hydrogen-bond donors (Lipinski definition) is 0. The number of carbonyl (C=O) groups excluding carboxylic acids is 1. The molecule has 108 valence electrons. The van der Waals surface area contributed by atoms with Gasteiger partial charge in [-0.15, -0.1) is 0 Å². The second-order valence-corrected chi connectivity index (χ2v) is 6.70. The fourth-order valence-corrected chi connectivity index (χ4v) is 4.48. The quantitative estimate of drug-likeness (QED) is 0.781. The standard InChI is InChI=1S/C16H27NO2/c1-19-15-10-13-7-8-14(11-15)17(13)16(18)9-6-12-4-2-3-5-12/h12-15H,2-11H2,1H3. The van der Waals surface area contributed by atoms with E-state index in [0.717, 1.165) is 31.6 Å². The minimum Gasteiger partial charge on any atom is -0.381 e. The molecule has 0 aromatic carbocycles. The number of fused-ring (bicyclic) bond motifs is 2. The van der Waals surface area contributed by atoms with Gasteiger partial charge in [0.15, 0.2) is 0 Å². The van der Waals surface area contributed by atoms with Crippen molar-refractivity contribution in [1.82, 2.24) is 4.90 Å². The first-order valence-corrected chi connectivity index (χ1v) is 8.12. The van der Waals surface area contributed by atoms with Gasteiger partial charge in [0.1, 0.15) is 0 Å². The lowest BCUT2D eigenvalue weighted by atomic mass is 9.97. The van der Waals surface area contributed by atoms with Crippen molar-refractivity contribution in [2.75, 3.05) is 7.11 Å². The van der Waals surface area contributed by atoms with Gasteiger partial charge in [-0.2, -0.15) is 0 Å². The van der Waals surface area contributed by atoms with Crippen LogP contribution in [0.15, 0.2) is 0 Å². The Labute approximate surface area is 116 Å². The van der Waals surface area contributed by atoms with Gasteiger partial charge in [-0.05, 0) is 38.0 Å². The van der Waals surface area contributed by atoms with E-state index in [1.54, 1.807) is 0 Å². The Balaban J connectivity index is 1.52. The van der Waals surface area contributed by atoms with E-state index in [1.165, 1.54) is 38.5 Å². The highest BCUT2D eigenvalue weighted by molar-refractivity contribution is 5.77. The first-order valence-electron chi connectivity index (χ1n) is 8.12. The molecular formula is C16H27NO2. The third kappa shape index (κ3) is 2.81. The molecule has 2 heterocycles. The van der Waals surface area contributed by atoms with Crippen LogP contribution in [0.4, 0.5) is 0 Å². The van der Waals surface area contributed by atoms with Gasteiger partial charge in [0.25, 0.3) is 0 Å². The summed E-state index contributed by atoms with van der Waals surface area (Å²) >= 11 is 0. The predicted octanol–water partition coefficient (Wildman–Crippen LogP) is 3.13. The topological polar surface area (TPSA) is 29.5 Å². The third-order valence-electron chi connectivity index (χ3n) is 5.55. The molecule has 3 nitrogen and oxygen atoms in total. The number of methoxy groups -OCH3 is 1. The summed E-state index contributed by atoms with van der Waals surface area (Å²) in [6.07, 6.45) is 12.3. The maximum Gasteiger partial charge on any atom is 0.223 e. The van der Waals surface area contributed by atoms with Gasteiger partial charge in [-0.25, -0.2) is 0 Å². The summed E-state index contributed by atoms with van der Waals surface area (Å²) in [4.78, 5) is 14.7. The molecule has 19 heavy (non-hydrogen) atoms. The van der Waals surface area contributed by atoms with Gasteiger partial charge in [-0.3, -0.25) is 4.79 Å². The summed E-state index contributed by atoms with van der Waals surface area (Å²) in [6.45, 7) is 0. The Hall–Kier alpha value is -0.570. The summed E-state index contributed by atoms with van der Waals surface area (Å²) in [6, 6.07) is 0.944. The fraction of sp³-hybridized carbons (Fsp3) is 0.938. The van der Waals surface area contributed by atoms with E-state index in [0.29, 0.717) is 24.1 Å². The van der Waals surface area contributed by atoms with Crippen molar-refractivity contribution in [1.29, 1.82) is 0 Å². The lowest BCUT2D eigenvalue weighted by molar-refractivity contribution is -0.138. The highest BCUT2D eigenvalue weighted by Gasteiger charge is 2.42. The van der Waals surface area contributed by atoms with Crippen molar-refractivity contribution in [3.8, 4) is 0 Å². The smallest absolute Gasteiger partial charge is 0.223 e. The van der Waals surface area contributed by atoms with E-state index in [2.05, 4.69) is 4.90 Å². The molecule has 0 aromatic heterocycles. The monoisotopic (exact) mass is 265 g/mol. The molecule has 1 saturated carbocycles. The molecule has 2 bridgehead atoms. The fourth-order valence-electron chi connectivity index (χ4n) is 4.48. The van der Waals surface area contributed by atoms with E-state index in [9.17, 15) is 4.79 Å². The molecule has 0 aromatic rings. The normalized spacial score (nSPS) is 35.0. The third-order valence-corrected chi connectivity index (χ3v) is 5.55. The number of piperidine rings is 1. The van der Waals surface area contributed by atoms with Crippen LogP contribution < -0.4 is 0 Å². The van der Waals surface area contributed by atoms with Crippen LogP contribution in [-0.4, -0.2) is 36.1 Å². The Kier molecular flexibility index (Phi) is 4.11. The van der Waals surface area contributed by atoms with E-state index in [4.69, 9.17) is 4.74 Å². The van der Waals surface area contributed by atoms with Crippen molar-refractivity contribution < 1.29 is 9.53 Å². The van der Waals surface area contributed by atoms with Crippen LogP contribution in [0.1, 0.15) is 64.2 Å². The van der Waals surface area contributed by atoms with Crippen molar-refractivity contribution in [3.63, 3.8) is 0 Å². The van der Waals surface area contributed by atoms with Crippen molar-refractivity contribution >= 4 is 5.91 Å². The SMILES string of the molecule is COC1CC2CCC(C1)N2C(=O)CCC1CCCC1. The first-order chi connectivity index (χ1) is 9.28. The van der Waals surface area contributed by atoms with Crippen LogP contribution in [-0.2, 0) is 9.53 Å². The van der Waals surface area contributed by atoms with Crippen molar-refractivity contribution in [2.45, 2.75) is 82.4 Å². The van der Waals surface area contributed by atoms with Crippen LogP contribution in [0.2, 0.25) is 0 Å². The summed E-state index contributed by atoms with van der Waals surface area (Å²) in [5.41, 5.74) is 0. The van der Waals surface area contributed by atoms with Gasteiger partial charge in [-0.1, -0.05) is 25.7 Å². The molecule has 3 rings (SSSR count). The molecule has 1 aliphatic carbocycles. The Morgan fingerprint density at radius 2 is 1.74 bits per heavy atom. The molecule has 3 aliphatic rings. The largest absolute Gasteiger partial charge is 0.381 e. The summed E-state index contributed by atoms with van der Waals surface area (Å²) in [5.74, 6) is 1.26. The summed E-state index contributed by atoms with van der Waals surface area (Å²) < 4.78 is 5.50. The minimum absolute atomic E-state index is 0.386. The zero-order valence-corrected chi connectivity index (χ0v) is 12.1. The molecule has 0 N–H and O–H groups in total. The number of hydrogen-bond acceptors (Lipinski definition) is 2. The van der Waals surface area contributed by atoms with Gasteiger partial charge in [0.05, 0.1) is 6.10 Å². The average molecular weight is 265 g/mol. The Morgan fingerprint density at radius 1 is 1.11 bits per heavy atom. The lowest BCUT2D eigenvalue weighted by Crippen LogP contribution is -2.48. The van der Waals surface area contributed by atoms with Crippen molar-refractivity contribution in [2.24, 2.45) is 5.92 Å². The Bertz CT molecular complexity index is 311. The number of ether oxygens (including phenoxy) is 1. The number of amides is 1. The number of carbonyl (C=O) groups is 1. The molecule has 3 heteroatoms. The average Bonchev–Trinajstić information content (AvgIpc) is 3.02. The highest BCUT2D eigenvalue weighted by atomic mass is 16.5. The van der Waals surface area contributed by atoms with Crippen LogP contribution in [0.25, 0.3) is 0 Å². The molecule has 3 fully saturated rings. The molecular weight excluding hydrogens is 238 g/mol. The number of nitrogens with zero attached hydrogens (tertiary/aromatic N) is 1. The van der Waals surface area contributed by atoms with Crippen LogP contribution >= 0.6 is 0 Å². The van der Waals surface area contributed by atoms with E-state index in [1.807, 2.05) is 7.11 Å². The Morgan fingerprint density at radius 3 is 2.32 bits per heavy atom. The zero-order chi connectivity index (χ0) is 13.2. The van der Waals surface area contributed by atoms with Crippen molar-refractivity contribution in [3.05, 3.63) is 0 Å². The predicted molar refractivity (Wildman–Crippen MR) is 74.9 cm³/mol. The van der Waals surface area contributed by atoms with Crippen LogP contribution in [0, 0.1) is 5.92 Å². The van der Waals surface area contributed by atoms with E-state index < -0.39 is 0 Å². The molecule has 0 spiro atoms. The highest BCUT2D eigenvalue weighted by Crippen LogP contribution is 2.38. The molecule has 2 unspecified atom stereocenters. The second-order valence-electron chi connectivity index (χ2n) is 6.70. The van der Waals surface area contributed by atoms with Gasteiger partial charge < -0.3 is 9.64 Å². The summed E-state index contributed by atoms with van der Waals surface area (Å²) in [7, 11) is 1.81. The number of rotatable bonds is 4. The van der Waals surface area contributed by atoms with E-state index in [-0.39, 0.29) is 0 Å². The van der Waals surface area contributed by atoms with Crippen LogP contribution in [0.3, 0.4) is 0 Å². The lowest BCUT2D eigenvalue weighted by Gasteiger charge is -2.38. The first kappa shape index (κ1) is 13.4. The van der Waals surface area contributed by atoms with Gasteiger partial charge in [0, 0.05) is 25.6 Å². The summed E-state index contributed by atoms with van der Waals surface area (Å²) in [5, 5.41) is 0. The zero-order valence-electron chi connectivity index (χ0n) is 12.1. The van der Waals surface area contributed by atoms with Gasteiger partial charge >= 0.3 is 0 Å². The molecule has 0 radical (unpaired) electrons. The molecule has 2 saturated heterocycles. The second kappa shape index (κ2) is 5.82.